The highest BCUT2D eigenvalue weighted by Crippen LogP contribution is 2.39. The summed E-state index contributed by atoms with van der Waals surface area (Å²) in [6.07, 6.45) is 6.09. The molecule has 9 nitrogen and oxygen atoms in total. The van der Waals surface area contributed by atoms with Crippen molar-refractivity contribution in [3.63, 3.8) is 0 Å². The molecule has 11 heteroatoms. The van der Waals surface area contributed by atoms with E-state index in [4.69, 9.17) is 9.72 Å². The number of nitrogens with zero attached hydrogens (tertiary/aromatic N) is 6. The van der Waals surface area contributed by atoms with Crippen LogP contribution < -0.4 is 10.2 Å². The number of hydrogen-bond acceptors (Lipinski definition) is 9. The van der Waals surface area contributed by atoms with Gasteiger partial charge in [-0.2, -0.15) is 5.10 Å². The minimum absolute atomic E-state index is 0.330. The van der Waals surface area contributed by atoms with Crippen molar-refractivity contribution in [2.75, 3.05) is 43.1 Å². The Kier molecular flexibility index (Phi) is 6.03. The Morgan fingerprint density at radius 1 is 1.19 bits per heavy atom. The van der Waals surface area contributed by atoms with Crippen LogP contribution in [0.25, 0.3) is 11.3 Å². The summed E-state index contributed by atoms with van der Waals surface area (Å²) < 4.78 is 18.7. The van der Waals surface area contributed by atoms with E-state index in [9.17, 15) is 4.39 Å². The Bertz CT molecular complexity index is 1040. The molecule has 3 aromatic rings. The molecule has 5 heterocycles. The second-order valence-corrected chi connectivity index (χ2v) is 9.42. The first-order chi connectivity index (χ1) is 15.6. The topological polar surface area (TPSA) is 95.1 Å². The summed E-state index contributed by atoms with van der Waals surface area (Å²) in [7, 11) is 0. The first-order valence-corrected chi connectivity index (χ1v) is 11.8. The average Bonchev–Trinajstić information content (AvgIpc) is 3.38. The molecule has 1 fully saturated rings. The van der Waals surface area contributed by atoms with Gasteiger partial charge < -0.3 is 15.0 Å². The number of thiazole rings is 1. The quantitative estimate of drug-likeness (QED) is 0.582. The van der Waals surface area contributed by atoms with Gasteiger partial charge in [-0.15, -0.1) is 11.3 Å². The molecule has 0 bridgehead atoms. The fraction of sp³-hybridized carbons (Fsp3) is 0.524. The second-order valence-electron chi connectivity index (χ2n) is 8.34. The van der Waals surface area contributed by atoms with Crippen LogP contribution in [-0.2, 0) is 11.2 Å². The molecule has 0 aromatic carbocycles. The maximum atomic E-state index is 13.1. The van der Waals surface area contributed by atoms with Crippen molar-refractivity contribution in [2.24, 2.45) is 0 Å². The predicted octanol–water partition coefficient (Wildman–Crippen LogP) is 3.07. The lowest BCUT2D eigenvalue weighted by Crippen LogP contribution is -2.50. The number of anilines is 3. The van der Waals surface area contributed by atoms with E-state index in [1.807, 2.05) is 6.20 Å². The summed E-state index contributed by atoms with van der Waals surface area (Å²) in [5.41, 5.74) is 1.94. The maximum Gasteiger partial charge on any atom is 0.229 e. The fourth-order valence-corrected chi connectivity index (χ4v) is 5.40. The van der Waals surface area contributed by atoms with Gasteiger partial charge in [0.25, 0.3) is 0 Å². The normalized spacial score (nSPS) is 21.2. The maximum absolute atomic E-state index is 13.1. The molecule has 2 aliphatic rings. The molecular weight excluding hydrogens is 431 g/mol. The average molecular weight is 459 g/mol. The van der Waals surface area contributed by atoms with Gasteiger partial charge in [-0.1, -0.05) is 0 Å². The van der Waals surface area contributed by atoms with Crippen molar-refractivity contribution in [1.29, 1.82) is 0 Å². The van der Waals surface area contributed by atoms with Crippen LogP contribution >= 0.6 is 11.3 Å². The largest absolute Gasteiger partial charge is 0.378 e. The zero-order chi connectivity index (χ0) is 22.1. The minimum Gasteiger partial charge on any atom is -0.378 e. The summed E-state index contributed by atoms with van der Waals surface area (Å²) >= 11 is 1.58. The molecule has 2 unspecified atom stereocenters. The Hall–Kier alpha value is -2.63. The number of ether oxygens (including phenoxy) is 1. The van der Waals surface area contributed by atoms with E-state index >= 15 is 0 Å². The summed E-state index contributed by atoms with van der Waals surface area (Å²) in [4.78, 5) is 18.8. The van der Waals surface area contributed by atoms with Crippen LogP contribution in [0.5, 0.6) is 0 Å². The number of aromatic nitrogens is 5. The number of H-pyrrole nitrogens is 1. The van der Waals surface area contributed by atoms with Gasteiger partial charge >= 0.3 is 0 Å². The van der Waals surface area contributed by atoms with E-state index in [2.05, 4.69) is 49.1 Å². The Balaban J connectivity index is 1.27. The lowest BCUT2D eigenvalue weighted by atomic mass is 10.1. The second kappa shape index (κ2) is 9.08. The van der Waals surface area contributed by atoms with Crippen molar-refractivity contribution in [1.82, 2.24) is 30.0 Å². The van der Waals surface area contributed by atoms with Gasteiger partial charge in [-0.05, 0) is 20.3 Å². The van der Waals surface area contributed by atoms with Gasteiger partial charge in [-0.25, -0.2) is 19.3 Å². The van der Waals surface area contributed by atoms with Crippen molar-refractivity contribution in [3.05, 3.63) is 29.3 Å². The number of rotatable bonds is 6. The number of fused-ring (bicyclic) bond motifs is 3. The molecule has 0 aliphatic carbocycles. The molecule has 2 N–H and O–H groups in total. The Morgan fingerprint density at radius 3 is 2.75 bits per heavy atom. The number of nitrogens with one attached hydrogen (secondary N) is 2. The van der Waals surface area contributed by atoms with Gasteiger partial charge in [0.05, 0.1) is 43.1 Å². The zero-order valence-corrected chi connectivity index (χ0v) is 19.0. The van der Waals surface area contributed by atoms with E-state index in [-0.39, 0.29) is 0 Å². The lowest BCUT2D eigenvalue weighted by Gasteiger charge is -2.39. The standard InChI is InChI=1S/C21H27FN8OS/c1-13-11-31-12-14(2)30(13)6-3-5-29-7-4-17-18(16-10-25-28-19(16)29)26-21(32-17)27-20-23-8-15(22)9-24-20/h8-10,13-14H,3-7,11-12H2,1-2H3,(H,25,28)(H,23,24,26,27). The van der Waals surface area contributed by atoms with Crippen LogP contribution in [0, 0.1) is 5.82 Å². The highest BCUT2D eigenvalue weighted by atomic mass is 32.1. The molecule has 0 radical (unpaired) electrons. The van der Waals surface area contributed by atoms with E-state index in [0.717, 1.165) is 75.2 Å². The fourth-order valence-electron chi connectivity index (χ4n) is 4.44. The summed E-state index contributed by atoms with van der Waals surface area (Å²) in [6, 6.07) is 0.913. The summed E-state index contributed by atoms with van der Waals surface area (Å²) in [6.45, 7) is 8.99. The van der Waals surface area contributed by atoms with Crippen LogP contribution in [0.3, 0.4) is 0 Å². The van der Waals surface area contributed by atoms with Gasteiger partial charge in [0.1, 0.15) is 5.82 Å². The third kappa shape index (κ3) is 4.32. The molecule has 2 aliphatic heterocycles. The van der Waals surface area contributed by atoms with Gasteiger partial charge in [0, 0.05) is 43.0 Å². The molecule has 0 spiro atoms. The number of hydrogen-bond donors (Lipinski definition) is 2. The zero-order valence-electron chi connectivity index (χ0n) is 18.2. The predicted molar refractivity (Wildman–Crippen MR) is 122 cm³/mol. The Labute approximate surface area is 190 Å². The van der Waals surface area contributed by atoms with Gasteiger partial charge in [0.15, 0.2) is 10.9 Å². The third-order valence-electron chi connectivity index (χ3n) is 6.03. The van der Waals surface area contributed by atoms with E-state index in [0.29, 0.717) is 23.2 Å². The smallest absolute Gasteiger partial charge is 0.229 e. The van der Waals surface area contributed by atoms with Gasteiger partial charge in [-0.3, -0.25) is 10.00 Å². The molecule has 2 atom stereocenters. The highest BCUT2D eigenvalue weighted by molar-refractivity contribution is 7.16. The molecular formula is C21H27FN8OS. The molecule has 5 rings (SSSR count). The molecule has 32 heavy (non-hydrogen) atoms. The Morgan fingerprint density at radius 2 is 1.97 bits per heavy atom. The van der Waals surface area contributed by atoms with Crippen molar-refractivity contribution < 1.29 is 9.13 Å². The van der Waals surface area contributed by atoms with Crippen molar-refractivity contribution >= 4 is 28.2 Å². The molecule has 3 aromatic heterocycles. The SMILES string of the molecule is CC1COCC(C)N1CCCN1CCc2sc(Nc3ncc(F)cn3)nc2-c2cn[nH]c21. The van der Waals surface area contributed by atoms with E-state index < -0.39 is 5.82 Å². The van der Waals surface area contributed by atoms with Crippen molar-refractivity contribution in [2.45, 2.75) is 38.8 Å². The first-order valence-electron chi connectivity index (χ1n) is 10.9. The number of morpholine rings is 1. The first kappa shape index (κ1) is 21.2. The summed E-state index contributed by atoms with van der Waals surface area (Å²) in [5, 5.41) is 11.3. The third-order valence-corrected chi connectivity index (χ3v) is 7.06. The molecule has 170 valence electrons. The molecule has 0 amide bonds. The highest BCUT2D eigenvalue weighted by Gasteiger charge is 2.27. The van der Waals surface area contributed by atoms with E-state index in [1.165, 1.54) is 4.88 Å². The molecule has 0 saturated carbocycles. The van der Waals surface area contributed by atoms with Gasteiger partial charge in [0.2, 0.25) is 5.95 Å². The number of halogens is 1. The van der Waals surface area contributed by atoms with Crippen LogP contribution in [0.15, 0.2) is 18.6 Å². The molecule has 1 saturated heterocycles. The van der Waals surface area contributed by atoms with Crippen LogP contribution in [0.2, 0.25) is 0 Å². The lowest BCUT2D eigenvalue weighted by molar-refractivity contribution is -0.0366. The monoisotopic (exact) mass is 458 g/mol. The van der Waals surface area contributed by atoms with Crippen LogP contribution in [0.4, 0.5) is 21.3 Å². The summed E-state index contributed by atoms with van der Waals surface area (Å²) in [5.74, 6) is 0.878. The number of aromatic amines is 1. The van der Waals surface area contributed by atoms with Crippen LogP contribution in [-0.4, -0.2) is 75.0 Å². The van der Waals surface area contributed by atoms with Crippen molar-refractivity contribution in [3.8, 4) is 11.3 Å². The van der Waals surface area contributed by atoms with Crippen LogP contribution in [0.1, 0.15) is 25.1 Å². The van der Waals surface area contributed by atoms with E-state index in [1.54, 1.807) is 11.3 Å². The minimum atomic E-state index is -0.467.